The lowest BCUT2D eigenvalue weighted by atomic mass is 9.89. The van der Waals surface area contributed by atoms with Crippen LogP contribution in [0.15, 0.2) is 27.8 Å². The lowest BCUT2D eigenvalue weighted by Crippen LogP contribution is -2.41. The number of aliphatic imine (C=N–C) groups is 1. The standard InChI is InChI=1S/C20H33N3O3/c1-20(25-14-15-26-20)10-12-22-19(21-11-9-18-8-5-13-24-18)23-16-17-6-3-2-4-7-17/h5,8,13,17H,2-4,6-7,9-12,14-16H2,1H3,(H2,21,22,23). The van der Waals surface area contributed by atoms with Gasteiger partial charge in [0.15, 0.2) is 11.7 Å². The van der Waals surface area contributed by atoms with Gasteiger partial charge in [0.05, 0.1) is 19.5 Å². The van der Waals surface area contributed by atoms with Crippen molar-refractivity contribution in [1.29, 1.82) is 0 Å². The van der Waals surface area contributed by atoms with E-state index in [0.717, 1.165) is 50.1 Å². The maximum atomic E-state index is 5.67. The van der Waals surface area contributed by atoms with E-state index in [9.17, 15) is 0 Å². The molecule has 2 aliphatic rings. The highest BCUT2D eigenvalue weighted by atomic mass is 16.7. The summed E-state index contributed by atoms with van der Waals surface area (Å²) in [6, 6.07) is 3.93. The minimum absolute atomic E-state index is 0.463. The number of furan rings is 1. The third-order valence-corrected chi connectivity index (χ3v) is 5.25. The summed E-state index contributed by atoms with van der Waals surface area (Å²) < 4.78 is 16.7. The number of ether oxygens (including phenoxy) is 2. The molecule has 146 valence electrons. The Kier molecular flexibility index (Phi) is 7.38. The Balaban J connectivity index is 1.46. The van der Waals surface area contributed by atoms with E-state index >= 15 is 0 Å². The molecule has 26 heavy (non-hydrogen) atoms. The Morgan fingerprint density at radius 3 is 2.65 bits per heavy atom. The Hall–Kier alpha value is -1.53. The minimum atomic E-state index is -0.463. The first-order chi connectivity index (χ1) is 12.7. The van der Waals surface area contributed by atoms with Crippen LogP contribution in [0.4, 0.5) is 0 Å². The molecule has 1 saturated heterocycles. The van der Waals surface area contributed by atoms with Crippen LogP contribution in [0, 0.1) is 5.92 Å². The summed E-state index contributed by atoms with van der Waals surface area (Å²) in [5.41, 5.74) is 0. The second kappa shape index (κ2) is 9.97. The number of hydrogen-bond donors (Lipinski definition) is 2. The van der Waals surface area contributed by atoms with Crippen LogP contribution < -0.4 is 10.6 Å². The predicted molar refractivity (Wildman–Crippen MR) is 102 cm³/mol. The topological polar surface area (TPSA) is 68.0 Å². The van der Waals surface area contributed by atoms with Gasteiger partial charge in [0, 0.05) is 32.5 Å². The first-order valence-electron chi connectivity index (χ1n) is 10.1. The summed E-state index contributed by atoms with van der Waals surface area (Å²) >= 11 is 0. The molecular weight excluding hydrogens is 330 g/mol. The van der Waals surface area contributed by atoms with Crippen molar-refractivity contribution >= 4 is 5.96 Å². The van der Waals surface area contributed by atoms with Crippen LogP contribution in [-0.4, -0.2) is 44.6 Å². The number of nitrogens with one attached hydrogen (secondary N) is 2. The highest BCUT2D eigenvalue weighted by Gasteiger charge is 2.30. The molecule has 0 radical (unpaired) electrons. The summed E-state index contributed by atoms with van der Waals surface area (Å²) in [7, 11) is 0. The average molecular weight is 364 g/mol. The summed E-state index contributed by atoms with van der Waals surface area (Å²) in [4.78, 5) is 4.84. The average Bonchev–Trinajstić information content (AvgIpc) is 3.32. The monoisotopic (exact) mass is 363 g/mol. The largest absolute Gasteiger partial charge is 0.469 e. The van der Waals surface area contributed by atoms with Crippen LogP contribution in [0.2, 0.25) is 0 Å². The Bertz CT molecular complexity index is 533. The number of rotatable bonds is 8. The van der Waals surface area contributed by atoms with Crippen LogP contribution in [-0.2, 0) is 15.9 Å². The number of guanidine groups is 1. The molecule has 3 rings (SSSR count). The van der Waals surface area contributed by atoms with E-state index in [2.05, 4.69) is 10.6 Å². The molecule has 2 N–H and O–H groups in total. The second-order valence-corrected chi connectivity index (χ2v) is 7.46. The molecule has 1 saturated carbocycles. The van der Waals surface area contributed by atoms with Gasteiger partial charge in [-0.25, -0.2) is 0 Å². The molecule has 2 heterocycles. The molecule has 1 aliphatic carbocycles. The van der Waals surface area contributed by atoms with E-state index < -0.39 is 5.79 Å². The van der Waals surface area contributed by atoms with Gasteiger partial charge in [-0.1, -0.05) is 19.3 Å². The first-order valence-corrected chi connectivity index (χ1v) is 10.1. The van der Waals surface area contributed by atoms with Crippen LogP contribution in [0.3, 0.4) is 0 Å². The van der Waals surface area contributed by atoms with Crippen molar-refractivity contribution in [1.82, 2.24) is 10.6 Å². The highest BCUT2D eigenvalue weighted by molar-refractivity contribution is 5.79. The van der Waals surface area contributed by atoms with Gasteiger partial charge >= 0.3 is 0 Å². The minimum Gasteiger partial charge on any atom is -0.469 e. The van der Waals surface area contributed by atoms with E-state index in [0.29, 0.717) is 13.2 Å². The van der Waals surface area contributed by atoms with Crippen LogP contribution in [0.25, 0.3) is 0 Å². The number of nitrogens with zero attached hydrogens (tertiary/aromatic N) is 1. The van der Waals surface area contributed by atoms with Gasteiger partial charge in [-0.2, -0.15) is 0 Å². The van der Waals surface area contributed by atoms with E-state index in [1.165, 1.54) is 32.1 Å². The van der Waals surface area contributed by atoms with Crippen LogP contribution in [0.1, 0.15) is 51.2 Å². The molecule has 2 fully saturated rings. The molecular formula is C20H33N3O3. The normalized spacial score (nSPS) is 21.0. The van der Waals surface area contributed by atoms with Crippen molar-refractivity contribution in [2.45, 2.75) is 57.7 Å². The van der Waals surface area contributed by atoms with Crippen molar-refractivity contribution in [2.75, 3.05) is 32.8 Å². The number of hydrogen-bond acceptors (Lipinski definition) is 4. The zero-order chi connectivity index (χ0) is 18.1. The van der Waals surface area contributed by atoms with Gasteiger partial charge in [-0.3, -0.25) is 4.99 Å². The Morgan fingerprint density at radius 2 is 1.92 bits per heavy atom. The van der Waals surface area contributed by atoms with Crippen molar-refractivity contribution < 1.29 is 13.9 Å². The molecule has 0 atom stereocenters. The third-order valence-electron chi connectivity index (χ3n) is 5.25. The van der Waals surface area contributed by atoms with E-state index in [1.54, 1.807) is 6.26 Å². The van der Waals surface area contributed by atoms with Gasteiger partial charge in [0.2, 0.25) is 0 Å². The van der Waals surface area contributed by atoms with Gasteiger partial charge in [-0.15, -0.1) is 0 Å². The van der Waals surface area contributed by atoms with Crippen LogP contribution >= 0.6 is 0 Å². The second-order valence-electron chi connectivity index (χ2n) is 7.46. The molecule has 6 heteroatoms. The van der Waals surface area contributed by atoms with Gasteiger partial charge in [-0.05, 0) is 37.8 Å². The first kappa shape index (κ1) is 19.2. The lowest BCUT2D eigenvalue weighted by Gasteiger charge is -2.23. The quantitative estimate of drug-likeness (QED) is 0.549. The predicted octanol–water partition coefficient (Wildman–Crippen LogP) is 3.09. The maximum Gasteiger partial charge on any atom is 0.191 e. The summed E-state index contributed by atoms with van der Waals surface area (Å²) in [5.74, 6) is 2.13. The zero-order valence-electron chi connectivity index (χ0n) is 16.0. The van der Waals surface area contributed by atoms with Crippen molar-refractivity contribution in [2.24, 2.45) is 10.9 Å². The molecule has 0 bridgehead atoms. The smallest absolute Gasteiger partial charge is 0.191 e. The lowest BCUT2D eigenvalue weighted by molar-refractivity contribution is -0.145. The molecule has 6 nitrogen and oxygen atoms in total. The van der Waals surface area contributed by atoms with Gasteiger partial charge in [0.1, 0.15) is 5.76 Å². The summed E-state index contributed by atoms with van der Waals surface area (Å²) in [6.45, 7) is 5.84. The zero-order valence-corrected chi connectivity index (χ0v) is 16.0. The van der Waals surface area contributed by atoms with E-state index in [-0.39, 0.29) is 0 Å². The SMILES string of the molecule is CC1(CCNC(=NCC2CCCCC2)NCCc2ccco2)OCCO1. The molecule has 0 aromatic carbocycles. The fourth-order valence-electron chi connectivity index (χ4n) is 3.63. The maximum absolute atomic E-state index is 5.67. The fraction of sp³-hybridized carbons (Fsp3) is 0.750. The Labute approximate surface area is 156 Å². The summed E-state index contributed by atoms with van der Waals surface area (Å²) in [5, 5.41) is 6.87. The molecule has 1 aliphatic heterocycles. The molecule has 1 aromatic heterocycles. The molecule has 1 aromatic rings. The van der Waals surface area contributed by atoms with Crippen LogP contribution in [0.5, 0.6) is 0 Å². The Morgan fingerprint density at radius 1 is 1.15 bits per heavy atom. The third kappa shape index (κ3) is 6.32. The molecule has 0 amide bonds. The molecule has 0 spiro atoms. The summed E-state index contributed by atoms with van der Waals surface area (Å²) in [6.07, 6.45) is 10.1. The van der Waals surface area contributed by atoms with Gasteiger partial charge in [0.25, 0.3) is 0 Å². The van der Waals surface area contributed by atoms with E-state index in [1.807, 2.05) is 19.1 Å². The van der Waals surface area contributed by atoms with Gasteiger partial charge < -0.3 is 24.5 Å². The fourth-order valence-corrected chi connectivity index (χ4v) is 3.63. The molecule has 0 unspecified atom stereocenters. The van der Waals surface area contributed by atoms with Crippen molar-refractivity contribution in [3.63, 3.8) is 0 Å². The van der Waals surface area contributed by atoms with Crippen molar-refractivity contribution in [3.05, 3.63) is 24.2 Å². The van der Waals surface area contributed by atoms with Crippen molar-refractivity contribution in [3.8, 4) is 0 Å². The van der Waals surface area contributed by atoms with E-state index in [4.69, 9.17) is 18.9 Å². The highest BCUT2D eigenvalue weighted by Crippen LogP contribution is 2.24.